The van der Waals surface area contributed by atoms with Gasteiger partial charge in [0.1, 0.15) is 12.1 Å². The molecule has 1 saturated carbocycles. The second-order valence-electron chi connectivity index (χ2n) is 9.53. The average Bonchev–Trinajstić information content (AvgIpc) is 3.06. The Morgan fingerprint density at radius 2 is 1.79 bits per heavy atom. The smallest absolute Gasteiger partial charge is 0.325 e. The van der Waals surface area contributed by atoms with Crippen LogP contribution in [0.25, 0.3) is 0 Å². The van der Waals surface area contributed by atoms with E-state index in [4.69, 9.17) is 4.74 Å². The maximum absolute atomic E-state index is 12.9. The molecule has 34 heavy (non-hydrogen) atoms. The van der Waals surface area contributed by atoms with E-state index in [1.54, 1.807) is 0 Å². The lowest BCUT2D eigenvalue weighted by molar-refractivity contribution is -0.139. The van der Waals surface area contributed by atoms with Gasteiger partial charge in [-0.1, -0.05) is 6.92 Å². The number of urea groups is 1. The van der Waals surface area contributed by atoms with E-state index in [1.165, 1.54) is 11.9 Å². The van der Waals surface area contributed by atoms with Crippen LogP contribution in [0.3, 0.4) is 0 Å². The van der Waals surface area contributed by atoms with Gasteiger partial charge in [0.25, 0.3) is 5.91 Å². The van der Waals surface area contributed by atoms with E-state index < -0.39 is 17.5 Å². The number of rotatable bonds is 6. The molecule has 0 radical (unpaired) electrons. The molecule has 1 aliphatic carbocycles. The fourth-order valence-electron chi connectivity index (χ4n) is 4.75. The van der Waals surface area contributed by atoms with E-state index in [0.717, 1.165) is 36.5 Å². The number of benzene rings is 1. The Labute approximate surface area is 199 Å². The van der Waals surface area contributed by atoms with Crippen molar-refractivity contribution in [2.24, 2.45) is 5.92 Å². The second kappa shape index (κ2) is 10.0. The Bertz CT molecular complexity index is 936. The average molecular weight is 472 g/mol. The summed E-state index contributed by atoms with van der Waals surface area (Å²) in [4.78, 5) is 54.9. The normalized spacial score (nSPS) is 24.8. The van der Waals surface area contributed by atoms with Crippen LogP contribution in [0.4, 0.5) is 16.2 Å². The van der Waals surface area contributed by atoms with Crippen molar-refractivity contribution in [3.63, 3.8) is 0 Å². The lowest BCUT2D eigenvalue weighted by Crippen LogP contribution is -2.50. The van der Waals surface area contributed by atoms with Gasteiger partial charge in [-0.2, -0.15) is 0 Å². The third-order valence-corrected chi connectivity index (χ3v) is 7.00. The van der Waals surface area contributed by atoms with E-state index in [1.807, 2.05) is 24.3 Å². The van der Waals surface area contributed by atoms with Crippen LogP contribution in [0.15, 0.2) is 24.3 Å². The molecule has 0 bridgehead atoms. The molecule has 0 unspecified atom stereocenters. The first-order valence-corrected chi connectivity index (χ1v) is 11.9. The topological polar surface area (TPSA) is 111 Å². The van der Waals surface area contributed by atoms with Crippen LogP contribution in [0, 0.1) is 5.92 Å². The zero-order valence-corrected chi connectivity index (χ0v) is 19.8. The summed E-state index contributed by atoms with van der Waals surface area (Å²) in [5.74, 6) is -0.644. The Hall–Kier alpha value is -3.14. The monoisotopic (exact) mass is 471 g/mol. The molecule has 10 nitrogen and oxygen atoms in total. The molecular weight excluding hydrogens is 438 g/mol. The van der Waals surface area contributed by atoms with Gasteiger partial charge in [0, 0.05) is 31.5 Å². The Morgan fingerprint density at radius 1 is 1.15 bits per heavy atom. The van der Waals surface area contributed by atoms with E-state index in [9.17, 15) is 19.2 Å². The summed E-state index contributed by atoms with van der Waals surface area (Å²) in [5, 5.41) is 5.60. The van der Waals surface area contributed by atoms with Crippen molar-refractivity contribution < 1.29 is 23.9 Å². The molecule has 3 fully saturated rings. The predicted octanol–water partition coefficient (Wildman–Crippen LogP) is 1.42. The van der Waals surface area contributed by atoms with Crippen LogP contribution in [-0.2, 0) is 19.1 Å². The number of hydrogen-bond acceptors (Lipinski definition) is 6. The number of imide groups is 1. The Morgan fingerprint density at radius 3 is 2.44 bits per heavy atom. The first kappa shape index (κ1) is 24.0. The molecule has 5 amide bonds. The molecule has 184 valence electrons. The first-order valence-electron chi connectivity index (χ1n) is 11.9. The summed E-state index contributed by atoms with van der Waals surface area (Å²) in [5.41, 5.74) is 0.811. The number of anilines is 2. The van der Waals surface area contributed by atoms with Crippen molar-refractivity contribution in [2.75, 3.05) is 56.7 Å². The molecule has 2 heterocycles. The second-order valence-corrected chi connectivity index (χ2v) is 9.53. The van der Waals surface area contributed by atoms with Crippen LogP contribution in [0.2, 0.25) is 0 Å². The van der Waals surface area contributed by atoms with Crippen molar-refractivity contribution in [3.05, 3.63) is 24.3 Å². The highest BCUT2D eigenvalue weighted by Gasteiger charge is 2.52. The minimum absolute atomic E-state index is 0.184. The highest BCUT2D eigenvalue weighted by molar-refractivity contribution is 6.09. The van der Waals surface area contributed by atoms with E-state index >= 15 is 0 Å². The number of morpholine rings is 1. The zero-order valence-electron chi connectivity index (χ0n) is 19.8. The molecule has 0 atom stereocenters. The van der Waals surface area contributed by atoms with Gasteiger partial charge in [0.2, 0.25) is 11.8 Å². The molecule has 1 aromatic rings. The van der Waals surface area contributed by atoms with Gasteiger partial charge >= 0.3 is 6.03 Å². The van der Waals surface area contributed by atoms with Gasteiger partial charge in [-0.25, -0.2) is 4.79 Å². The molecule has 3 aliphatic rings. The van der Waals surface area contributed by atoms with Gasteiger partial charge < -0.3 is 25.2 Å². The van der Waals surface area contributed by atoms with Crippen LogP contribution in [0.5, 0.6) is 0 Å². The third-order valence-electron chi connectivity index (χ3n) is 7.00. The van der Waals surface area contributed by atoms with Crippen molar-refractivity contribution in [3.8, 4) is 0 Å². The van der Waals surface area contributed by atoms with Crippen molar-refractivity contribution in [2.45, 2.75) is 38.1 Å². The van der Waals surface area contributed by atoms with Crippen molar-refractivity contribution >= 4 is 35.1 Å². The maximum atomic E-state index is 12.9. The lowest BCUT2D eigenvalue weighted by Gasteiger charge is -2.33. The molecule has 4 rings (SSSR count). The number of amides is 5. The molecule has 1 spiro atoms. The zero-order chi connectivity index (χ0) is 24.3. The number of ether oxygens (including phenoxy) is 1. The summed E-state index contributed by atoms with van der Waals surface area (Å²) in [6, 6.07) is 6.99. The lowest BCUT2D eigenvalue weighted by atomic mass is 9.77. The minimum Gasteiger partial charge on any atom is -0.378 e. The Balaban J connectivity index is 1.27. The summed E-state index contributed by atoms with van der Waals surface area (Å²) in [6.45, 7) is 4.63. The van der Waals surface area contributed by atoms with E-state index in [0.29, 0.717) is 37.7 Å². The summed E-state index contributed by atoms with van der Waals surface area (Å²) >= 11 is 0. The molecule has 10 heteroatoms. The van der Waals surface area contributed by atoms with E-state index in [2.05, 4.69) is 22.5 Å². The number of carbonyl (C=O) groups excluding carboxylic acids is 4. The van der Waals surface area contributed by atoms with Crippen LogP contribution in [0.1, 0.15) is 32.6 Å². The van der Waals surface area contributed by atoms with E-state index in [-0.39, 0.29) is 24.9 Å². The molecule has 1 aromatic carbocycles. The summed E-state index contributed by atoms with van der Waals surface area (Å²) < 4.78 is 5.37. The minimum atomic E-state index is -0.882. The van der Waals surface area contributed by atoms with Gasteiger partial charge in [0.15, 0.2) is 0 Å². The van der Waals surface area contributed by atoms with Gasteiger partial charge in [-0.15, -0.1) is 0 Å². The largest absolute Gasteiger partial charge is 0.378 e. The molecule has 2 saturated heterocycles. The predicted molar refractivity (Wildman–Crippen MR) is 126 cm³/mol. The fourth-order valence-corrected chi connectivity index (χ4v) is 4.75. The van der Waals surface area contributed by atoms with Gasteiger partial charge in [-0.05, 0) is 55.9 Å². The first-order chi connectivity index (χ1) is 16.3. The summed E-state index contributed by atoms with van der Waals surface area (Å²) in [6.07, 6.45) is 2.90. The number of likely N-dealkylation sites (N-methyl/N-ethyl adjacent to an activating group) is 1. The number of hydrogen-bond donors (Lipinski definition) is 2. The Kier molecular flexibility index (Phi) is 7.06. The summed E-state index contributed by atoms with van der Waals surface area (Å²) in [7, 11) is 1.49. The van der Waals surface area contributed by atoms with Crippen molar-refractivity contribution in [1.29, 1.82) is 0 Å². The van der Waals surface area contributed by atoms with Crippen LogP contribution in [-0.4, -0.2) is 85.5 Å². The van der Waals surface area contributed by atoms with Gasteiger partial charge in [-0.3, -0.25) is 19.3 Å². The number of nitrogens with one attached hydrogen (secondary N) is 2. The number of nitrogens with zero attached hydrogens (tertiary/aromatic N) is 3. The van der Waals surface area contributed by atoms with Crippen LogP contribution >= 0.6 is 0 Å². The molecule has 0 aromatic heterocycles. The van der Waals surface area contributed by atoms with Crippen molar-refractivity contribution in [1.82, 2.24) is 15.1 Å². The highest BCUT2D eigenvalue weighted by Crippen LogP contribution is 2.36. The maximum Gasteiger partial charge on any atom is 0.325 e. The highest BCUT2D eigenvalue weighted by atomic mass is 16.5. The van der Waals surface area contributed by atoms with Gasteiger partial charge in [0.05, 0.1) is 19.8 Å². The number of carbonyl (C=O) groups is 4. The standard InChI is InChI=1S/C24H33N5O5/c1-17-7-9-24(10-8-17)22(32)29(23(33)26-24)16-21(31)27(2)15-20(30)25-18-3-5-19(6-4-18)28-11-13-34-14-12-28/h3-6,17H,7-16H2,1-2H3,(H,25,30)(H,26,33). The molecular formula is C24H33N5O5. The third kappa shape index (κ3) is 5.16. The fraction of sp³-hybridized carbons (Fsp3) is 0.583. The molecule has 2 N–H and O–H groups in total. The van der Waals surface area contributed by atoms with Crippen LogP contribution < -0.4 is 15.5 Å². The molecule has 2 aliphatic heterocycles. The SMILES string of the molecule is CC1CCC2(CC1)NC(=O)N(CC(=O)N(C)CC(=O)Nc1ccc(N3CCOCC3)cc1)C2=O. The quantitative estimate of drug-likeness (QED) is 0.607.